The molecule has 0 bridgehead atoms. The Morgan fingerprint density at radius 1 is 0.857 bits per heavy atom. The van der Waals surface area contributed by atoms with Crippen LogP contribution in [0.2, 0.25) is 0 Å². The van der Waals surface area contributed by atoms with Crippen LogP contribution in [0, 0.1) is 41.2 Å². The zero-order valence-electron chi connectivity index (χ0n) is 20.6. The number of allylic oxidation sites excluding steroid dienone is 1. The molecule has 1 aliphatic heterocycles. The van der Waals surface area contributed by atoms with Crippen molar-refractivity contribution in [2.24, 2.45) is 29.6 Å². The van der Waals surface area contributed by atoms with Crippen LogP contribution in [0.1, 0.15) is 83.0 Å². The largest absolute Gasteiger partial charge is 0.459 e. The lowest BCUT2D eigenvalue weighted by Gasteiger charge is -2.41. The Balaban J connectivity index is 1.23. The number of ether oxygens (including phenoxy) is 3. The molecule has 1 heterocycles. The van der Waals surface area contributed by atoms with Gasteiger partial charge in [0.05, 0.1) is 19.5 Å². The van der Waals surface area contributed by atoms with E-state index in [2.05, 4.69) is 6.92 Å². The highest BCUT2D eigenvalue weighted by atomic mass is 19.3. The second kappa shape index (κ2) is 12.6. The smallest absolute Gasteiger partial charge is 0.260 e. The van der Waals surface area contributed by atoms with Crippen LogP contribution in [0.15, 0.2) is 24.5 Å². The van der Waals surface area contributed by atoms with Crippen LogP contribution >= 0.6 is 0 Å². The third-order valence-corrected chi connectivity index (χ3v) is 8.36. The van der Waals surface area contributed by atoms with Gasteiger partial charge in [-0.05, 0) is 74.3 Å². The molecule has 7 heteroatoms. The summed E-state index contributed by atoms with van der Waals surface area (Å²) < 4.78 is 69.4. The van der Waals surface area contributed by atoms with Crippen LogP contribution in [0.4, 0.5) is 17.6 Å². The van der Waals surface area contributed by atoms with Crippen molar-refractivity contribution in [2.75, 3.05) is 13.2 Å². The zero-order valence-corrected chi connectivity index (χ0v) is 20.6. The summed E-state index contributed by atoms with van der Waals surface area (Å²) in [6.45, 7) is 3.29. The van der Waals surface area contributed by atoms with E-state index in [1.807, 2.05) is 0 Å². The monoisotopic (exact) mass is 498 g/mol. The third-order valence-electron chi connectivity index (χ3n) is 8.36. The van der Waals surface area contributed by atoms with Gasteiger partial charge >= 0.3 is 0 Å². The van der Waals surface area contributed by atoms with E-state index in [0.29, 0.717) is 37.4 Å². The standard InChI is InChI=1S/C28H38F4O3/c1-2-3-18-4-6-19(7-5-18)20-8-10-21(11-9-20)23-16-34-28(35-17-23)22-14-24(29)27(25(30)15-22)33-13-12-26(31)32/h12-15,18-21,23,26,28H,2-11,16-17H2,1H3/b13-12+. The number of halogens is 4. The SMILES string of the molecule is CCCC1CCC(C2CCC(C3COC(c4cc(F)c(O/C=C/C(F)F)c(F)c4)OC3)CC2)CC1. The highest BCUT2D eigenvalue weighted by molar-refractivity contribution is 5.32. The quantitative estimate of drug-likeness (QED) is 0.267. The first-order valence-corrected chi connectivity index (χ1v) is 13.3. The number of rotatable bonds is 8. The number of hydrogen-bond donors (Lipinski definition) is 0. The molecule has 3 aliphatic rings. The van der Waals surface area contributed by atoms with Crippen molar-refractivity contribution in [3.05, 3.63) is 41.7 Å². The Morgan fingerprint density at radius 2 is 1.37 bits per heavy atom. The number of hydrogen-bond acceptors (Lipinski definition) is 3. The Hall–Kier alpha value is -1.60. The molecule has 3 fully saturated rings. The van der Waals surface area contributed by atoms with Gasteiger partial charge in [0.2, 0.25) is 0 Å². The third kappa shape index (κ3) is 7.00. The van der Waals surface area contributed by atoms with Crippen molar-refractivity contribution in [3.8, 4) is 5.75 Å². The summed E-state index contributed by atoms with van der Waals surface area (Å²) in [4.78, 5) is 0. The van der Waals surface area contributed by atoms with Crippen molar-refractivity contribution < 1.29 is 31.8 Å². The molecular weight excluding hydrogens is 460 g/mol. The number of benzene rings is 1. The second-order valence-corrected chi connectivity index (χ2v) is 10.6. The molecule has 0 radical (unpaired) electrons. The lowest BCUT2D eigenvalue weighted by molar-refractivity contribution is -0.215. The summed E-state index contributed by atoms with van der Waals surface area (Å²) in [5.74, 6) is 0.855. The molecule has 0 N–H and O–H groups in total. The normalized spacial score (nSPS) is 32.3. The average molecular weight is 499 g/mol. The van der Waals surface area contributed by atoms with Crippen LogP contribution in [-0.2, 0) is 9.47 Å². The van der Waals surface area contributed by atoms with Crippen molar-refractivity contribution >= 4 is 0 Å². The van der Waals surface area contributed by atoms with E-state index in [9.17, 15) is 17.6 Å². The zero-order chi connectivity index (χ0) is 24.8. The molecule has 2 saturated carbocycles. The van der Waals surface area contributed by atoms with Gasteiger partial charge in [0, 0.05) is 17.6 Å². The molecular formula is C28H38F4O3. The van der Waals surface area contributed by atoms with E-state index < -0.39 is 30.1 Å². The molecule has 2 aliphatic carbocycles. The molecule has 0 aromatic heterocycles. The van der Waals surface area contributed by atoms with Gasteiger partial charge in [0.25, 0.3) is 6.43 Å². The maximum Gasteiger partial charge on any atom is 0.260 e. The molecule has 4 rings (SSSR count). The van der Waals surface area contributed by atoms with Gasteiger partial charge in [-0.3, -0.25) is 0 Å². The van der Waals surface area contributed by atoms with Gasteiger partial charge < -0.3 is 14.2 Å². The van der Waals surface area contributed by atoms with Crippen molar-refractivity contribution in [1.82, 2.24) is 0 Å². The van der Waals surface area contributed by atoms with Crippen molar-refractivity contribution in [2.45, 2.75) is 83.8 Å². The van der Waals surface area contributed by atoms with Gasteiger partial charge in [-0.15, -0.1) is 0 Å². The second-order valence-electron chi connectivity index (χ2n) is 10.6. The van der Waals surface area contributed by atoms with Crippen LogP contribution in [0.3, 0.4) is 0 Å². The first-order chi connectivity index (χ1) is 16.9. The Bertz CT molecular complexity index is 798. The van der Waals surface area contributed by atoms with Crippen molar-refractivity contribution in [1.29, 1.82) is 0 Å². The summed E-state index contributed by atoms with van der Waals surface area (Å²) in [5.41, 5.74) is 0.214. The van der Waals surface area contributed by atoms with Gasteiger partial charge in [-0.25, -0.2) is 17.6 Å². The Kier molecular flexibility index (Phi) is 9.51. The lowest BCUT2D eigenvalue weighted by atomic mass is 9.67. The highest BCUT2D eigenvalue weighted by Crippen LogP contribution is 2.44. The van der Waals surface area contributed by atoms with Crippen LogP contribution in [0.5, 0.6) is 5.75 Å². The van der Waals surface area contributed by atoms with Crippen LogP contribution in [-0.4, -0.2) is 19.6 Å². The topological polar surface area (TPSA) is 27.7 Å². The summed E-state index contributed by atoms with van der Waals surface area (Å²) in [6.07, 6.45) is 10.6. The van der Waals surface area contributed by atoms with Gasteiger partial charge in [0.15, 0.2) is 23.7 Å². The summed E-state index contributed by atoms with van der Waals surface area (Å²) >= 11 is 0. The summed E-state index contributed by atoms with van der Waals surface area (Å²) in [6, 6.07) is 2.14. The fourth-order valence-electron chi connectivity index (χ4n) is 6.42. The van der Waals surface area contributed by atoms with Crippen molar-refractivity contribution in [3.63, 3.8) is 0 Å². The molecule has 0 spiro atoms. The maximum atomic E-state index is 14.3. The maximum absolute atomic E-state index is 14.3. The van der Waals surface area contributed by atoms with Crippen LogP contribution in [0.25, 0.3) is 0 Å². The van der Waals surface area contributed by atoms with E-state index >= 15 is 0 Å². The minimum absolute atomic E-state index is 0.214. The Labute approximate surface area is 206 Å². The fourth-order valence-corrected chi connectivity index (χ4v) is 6.42. The predicted octanol–water partition coefficient (Wildman–Crippen LogP) is 8.20. The molecule has 0 unspecified atom stereocenters. The average Bonchev–Trinajstić information content (AvgIpc) is 2.86. The first-order valence-electron chi connectivity index (χ1n) is 13.3. The molecule has 1 aromatic rings. The van der Waals surface area contributed by atoms with Gasteiger partial charge in [0.1, 0.15) is 0 Å². The van der Waals surface area contributed by atoms with E-state index in [-0.39, 0.29) is 5.56 Å². The van der Waals surface area contributed by atoms with E-state index in [0.717, 1.165) is 29.9 Å². The summed E-state index contributed by atoms with van der Waals surface area (Å²) in [7, 11) is 0. The highest BCUT2D eigenvalue weighted by Gasteiger charge is 2.35. The molecule has 3 nitrogen and oxygen atoms in total. The van der Waals surface area contributed by atoms with E-state index in [4.69, 9.17) is 14.2 Å². The minimum Gasteiger partial charge on any atom is -0.459 e. The fraction of sp³-hybridized carbons (Fsp3) is 0.714. The summed E-state index contributed by atoms with van der Waals surface area (Å²) in [5, 5.41) is 0. The number of alkyl halides is 2. The Morgan fingerprint density at radius 3 is 1.89 bits per heavy atom. The lowest BCUT2D eigenvalue weighted by Crippen LogP contribution is -2.35. The predicted molar refractivity (Wildman–Crippen MR) is 126 cm³/mol. The van der Waals surface area contributed by atoms with Crippen LogP contribution < -0.4 is 4.74 Å². The molecule has 0 atom stereocenters. The van der Waals surface area contributed by atoms with E-state index in [1.54, 1.807) is 0 Å². The first kappa shape index (κ1) is 26.5. The molecule has 196 valence electrons. The molecule has 1 saturated heterocycles. The molecule has 35 heavy (non-hydrogen) atoms. The molecule has 0 amide bonds. The van der Waals surface area contributed by atoms with Gasteiger partial charge in [-0.2, -0.15) is 0 Å². The minimum atomic E-state index is -2.77. The van der Waals surface area contributed by atoms with Gasteiger partial charge in [-0.1, -0.05) is 32.6 Å². The van der Waals surface area contributed by atoms with E-state index in [1.165, 1.54) is 64.2 Å². The molecule has 1 aromatic carbocycles.